The van der Waals surface area contributed by atoms with Crippen LogP contribution in [0.3, 0.4) is 0 Å². The van der Waals surface area contributed by atoms with E-state index in [2.05, 4.69) is 20.4 Å². The zero-order chi connectivity index (χ0) is 17.1. The molecule has 0 atom stereocenters. The average molecular weight is 353 g/mol. The van der Waals surface area contributed by atoms with Gasteiger partial charge in [-0.3, -0.25) is 4.79 Å². The summed E-state index contributed by atoms with van der Waals surface area (Å²) in [4.78, 5) is 20.9. The molecular formula is C18H19N5OS. The number of carbonyl (C=O) groups excluding carboxylic acids is 1. The predicted molar refractivity (Wildman–Crippen MR) is 98.6 cm³/mol. The lowest BCUT2D eigenvalue weighted by Gasteiger charge is -2.14. The number of anilines is 1. The van der Waals surface area contributed by atoms with Crippen LogP contribution in [0, 0.1) is 0 Å². The first-order valence-electron chi connectivity index (χ1n) is 8.47. The summed E-state index contributed by atoms with van der Waals surface area (Å²) in [7, 11) is 0. The van der Waals surface area contributed by atoms with Crippen LogP contribution < -0.4 is 5.32 Å². The third-order valence-corrected chi connectivity index (χ3v) is 5.46. The molecule has 0 unspecified atom stereocenters. The van der Waals surface area contributed by atoms with Gasteiger partial charge in [0.2, 0.25) is 5.91 Å². The van der Waals surface area contributed by atoms with Gasteiger partial charge in [-0.25, -0.2) is 14.6 Å². The van der Waals surface area contributed by atoms with Crippen molar-refractivity contribution in [1.82, 2.24) is 19.7 Å². The Morgan fingerprint density at radius 2 is 2.04 bits per heavy atom. The molecule has 1 fully saturated rings. The number of thioether (sulfide) groups is 1. The first-order valence-corrected chi connectivity index (χ1v) is 9.46. The third-order valence-electron chi connectivity index (χ3n) is 4.45. The van der Waals surface area contributed by atoms with E-state index in [9.17, 15) is 4.79 Å². The number of benzene rings is 1. The van der Waals surface area contributed by atoms with Crippen LogP contribution in [0.1, 0.15) is 31.7 Å². The van der Waals surface area contributed by atoms with Crippen LogP contribution in [-0.4, -0.2) is 31.4 Å². The van der Waals surface area contributed by atoms with Crippen LogP contribution >= 0.6 is 11.8 Å². The third kappa shape index (κ3) is 3.51. The SMILES string of the molecule is O=C(CSc1ncnc2ccccc12)Nc1ccnn1C1CCCC1. The fraction of sp³-hybridized carbons (Fsp3) is 0.333. The van der Waals surface area contributed by atoms with Crippen molar-refractivity contribution in [2.45, 2.75) is 36.8 Å². The van der Waals surface area contributed by atoms with Crippen LogP contribution in [0.2, 0.25) is 0 Å². The molecule has 128 valence electrons. The van der Waals surface area contributed by atoms with Crippen molar-refractivity contribution < 1.29 is 4.79 Å². The minimum atomic E-state index is -0.0487. The quantitative estimate of drug-likeness (QED) is 0.560. The predicted octanol–water partition coefficient (Wildman–Crippen LogP) is 3.67. The summed E-state index contributed by atoms with van der Waals surface area (Å²) in [6, 6.07) is 10.1. The Balaban J connectivity index is 1.42. The van der Waals surface area contributed by atoms with E-state index in [1.165, 1.54) is 30.9 Å². The number of hydrogen-bond acceptors (Lipinski definition) is 5. The number of aromatic nitrogens is 4. The van der Waals surface area contributed by atoms with Crippen molar-refractivity contribution in [1.29, 1.82) is 0 Å². The minimum absolute atomic E-state index is 0.0487. The lowest BCUT2D eigenvalue weighted by molar-refractivity contribution is -0.113. The molecule has 0 aliphatic heterocycles. The van der Waals surface area contributed by atoms with Gasteiger partial charge in [0, 0.05) is 11.5 Å². The van der Waals surface area contributed by atoms with Gasteiger partial charge in [0.15, 0.2) is 0 Å². The van der Waals surface area contributed by atoms with Gasteiger partial charge in [0.25, 0.3) is 0 Å². The Morgan fingerprint density at radius 1 is 1.20 bits per heavy atom. The highest BCUT2D eigenvalue weighted by molar-refractivity contribution is 8.00. The van der Waals surface area contributed by atoms with Crippen molar-refractivity contribution in [2.24, 2.45) is 0 Å². The molecule has 2 heterocycles. The molecule has 1 N–H and O–H groups in total. The summed E-state index contributed by atoms with van der Waals surface area (Å²) in [5, 5.41) is 9.16. The van der Waals surface area contributed by atoms with Gasteiger partial charge >= 0.3 is 0 Å². The highest BCUT2D eigenvalue weighted by Crippen LogP contribution is 2.31. The van der Waals surface area contributed by atoms with E-state index in [0.717, 1.165) is 34.6 Å². The van der Waals surface area contributed by atoms with Gasteiger partial charge in [-0.1, -0.05) is 42.8 Å². The molecule has 0 radical (unpaired) electrons. The van der Waals surface area contributed by atoms with Crippen LogP contribution in [0.4, 0.5) is 5.82 Å². The Morgan fingerprint density at radius 3 is 2.92 bits per heavy atom. The second-order valence-corrected chi connectivity index (χ2v) is 7.10. The number of hydrogen-bond donors (Lipinski definition) is 1. The van der Waals surface area contributed by atoms with E-state index in [0.29, 0.717) is 11.8 Å². The first kappa shape index (κ1) is 16.1. The zero-order valence-electron chi connectivity index (χ0n) is 13.8. The van der Waals surface area contributed by atoms with Crippen molar-refractivity contribution in [3.63, 3.8) is 0 Å². The summed E-state index contributed by atoms with van der Waals surface area (Å²) >= 11 is 1.43. The number of rotatable bonds is 5. The van der Waals surface area contributed by atoms with Crippen molar-refractivity contribution >= 4 is 34.4 Å². The molecule has 1 aromatic carbocycles. The Hall–Kier alpha value is -2.41. The van der Waals surface area contributed by atoms with E-state index in [4.69, 9.17) is 0 Å². The fourth-order valence-electron chi connectivity index (χ4n) is 3.26. The van der Waals surface area contributed by atoms with Crippen LogP contribution in [0.15, 0.2) is 47.9 Å². The Labute approximate surface area is 150 Å². The molecule has 0 bridgehead atoms. The Bertz CT molecular complexity index is 883. The molecule has 1 amide bonds. The van der Waals surface area contributed by atoms with E-state index in [-0.39, 0.29) is 5.91 Å². The van der Waals surface area contributed by atoms with Gasteiger partial charge in [-0.05, 0) is 18.9 Å². The molecule has 7 heteroatoms. The smallest absolute Gasteiger partial charge is 0.235 e. The Kier molecular flexibility index (Phi) is 4.65. The molecule has 6 nitrogen and oxygen atoms in total. The van der Waals surface area contributed by atoms with Gasteiger partial charge in [0.05, 0.1) is 23.5 Å². The molecule has 25 heavy (non-hydrogen) atoms. The standard InChI is InChI=1S/C18H19N5OS/c24-17(22-16-9-10-21-23(16)13-5-1-2-6-13)11-25-18-14-7-3-4-8-15(14)19-12-20-18/h3-4,7-10,12-13H,1-2,5-6,11H2,(H,22,24). The molecule has 2 aromatic heterocycles. The van der Waals surface area contributed by atoms with E-state index >= 15 is 0 Å². The zero-order valence-corrected chi connectivity index (χ0v) is 14.6. The number of fused-ring (bicyclic) bond motifs is 1. The lowest BCUT2D eigenvalue weighted by Crippen LogP contribution is -2.19. The molecular weight excluding hydrogens is 334 g/mol. The summed E-state index contributed by atoms with van der Waals surface area (Å²) in [6.07, 6.45) is 8.01. The van der Waals surface area contributed by atoms with Crippen LogP contribution in [-0.2, 0) is 4.79 Å². The van der Waals surface area contributed by atoms with E-state index < -0.39 is 0 Å². The number of para-hydroxylation sites is 1. The number of nitrogens with one attached hydrogen (secondary N) is 1. The van der Waals surface area contributed by atoms with Crippen molar-refractivity contribution in [2.75, 3.05) is 11.1 Å². The average Bonchev–Trinajstić information content (AvgIpc) is 3.31. The first-order chi connectivity index (χ1) is 12.3. The van der Waals surface area contributed by atoms with Gasteiger partial charge in [-0.2, -0.15) is 5.10 Å². The summed E-state index contributed by atoms with van der Waals surface area (Å²) < 4.78 is 1.95. The van der Waals surface area contributed by atoms with Crippen molar-refractivity contribution in [3.8, 4) is 0 Å². The molecule has 0 saturated heterocycles. The molecule has 1 aliphatic rings. The minimum Gasteiger partial charge on any atom is -0.310 e. The largest absolute Gasteiger partial charge is 0.310 e. The summed E-state index contributed by atoms with van der Waals surface area (Å²) in [6.45, 7) is 0. The van der Waals surface area contributed by atoms with Gasteiger partial charge < -0.3 is 5.32 Å². The van der Waals surface area contributed by atoms with Gasteiger partial charge in [0.1, 0.15) is 17.2 Å². The van der Waals surface area contributed by atoms with E-state index in [1.54, 1.807) is 6.20 Å². The summed E-state index contributed by atoms with van der Waals surface area (Å²) in [5.74, 6) is 1.04. The van der Waals surface area contributed by atoms with E-state index in [1.807, 2.05) is 35.0 Å². The highest BCUT2D eigenvalue weighted by Gasteiger charge is 2.20. The molecule has 4 rings (SSSR count). The molecule has 1 aliphatic carbocycles. The number of carbonyl (C=O) groups is 1. The highest BCUT2D eigenvalue weighted by atomic mass is 32.2. The lowest BCUT2D eigenvalue weighted by atomic mass is 10.2. The fourth-order valence-corrected chi connectivity index (χ4v) is 4.05. The second kappa shape index (κ2) is 7.23. The monoisotopic (exact) mass is 353 g/mol. The second-order valence-electron chi connectivity index (χ2n) is 6.13. The van der Waals surface area contributed by atoms with Crippen LogP contribution in [0.25, 0.3) is 10.9 Å². The maximum Gasteiger partial charge on any atom is 0.235 e. The molecule has 3 aromatic rings. The molecule has 0 spiro atoms. The maximum atomic E-state index is 12.4. The van der Waals surface area contributed by atoms with Crippen LogP contribution in [0.5, 0.6) is 0 Å². The summed E-state index contributed by atoms with van der Waals surface area (Å²) in [5.41, 5.74) is 0.889. The number of nitrogens with zero attached hydrogens (tertiary/aromatic N) is 4. The normalized spacial score (nSPS) is 14.9. The van der Waals surface area contributed by atoms with Crippen molar-refractivity contribution in [3.05, 3.63) is 42.9 Å². The topological polar surface area (TPSA) is 72.7 Å². The molecule has 1 saturated carbocycles. The maximum absolute atomic E-state index is 12.4. The number of amides is 1. The van der Waals surface area contributed by atoms with Gasteiger partial charge in [-0.15, -0.1) is 0 Å².